The van der Waals surface area contributed by atoms with Gasteiger partial charge in [-0.3, -0.25) is 4.90 Å². The van der Waals surface area contributed by atoms with Gasteiger partial charge >= 0.3 is 0 Å². The van der Waals surface area contributed by atoms with Gasteiger partial charge in [-0.15, -0.1) is 0 Å². The summed E-state index contributed by atoms with van der Waals surface area (Å²) >= 11 is 0. The predicted octanol–water partition coefficient (Wildman–Crippen LogP) is 1.33. The number of hydrogen-bond donors (Lipinski definition) is 1. The van der Waals surface area contributed by atoms with Gasteiger partial charge in [0.2, 0.25) is 0 Å². The van der Waals surface area contributed by atoms with Gasteiger partial charge < -0.3 is 10.2 Å². The lowest BCUT2D eigenvalue weighted by Gasteiger charge is -2.35. The maximum absolute atomic E-state index is 4.50. The maximum Gasteiger partial charge on any atom is 0.128 e. The van der Waals surface area contributed by atoms with Crippen LogP contribution in [0.4, 0.5) is 5.82 Å². The van der Waals surface area contributed by atoms with Crippen LogP contribution in [0.15, 0.2) is 18.3 Å². The molecular formula is C14H24N4. The third kappa shape index (κ3) is 3.43. The zero-order valence-electron chi connectivity index (χ0n) is 11.5. The minimum atomic E-state index is 0.908. The van der Waals surface area contributed by atoms with Gasteiger partial charge in [0.1, 0.15) is 5.82 Å². The number of hydrogen-bond acceptors (Lipinski definition) is 4. The minimum absolute atomic E-state index is 0.908. The molecule has 1 aromatic heterocycles. The van der Waals surface area contributed by atoms with Crippen LogP contribution in [0.1, 0.15) is 18.9 Å². The molecule has 1 fully saturated rings. The van der Waals surface area contributed by atoms with Crippen LogP contribution in [0, 0.1) is 0 Å². The molecule has 0 bridgehead atoms. The van der Waals surface area contributed by atoms with Crippen molar-refractivity contribution in [2.75, 3.05) is 44.7 Å². The molecule has 4 heteroatoms. The molecule has 0 radical (unpaired) electrons. The predicted molar refractivity (Wildman–Crippen MR) is 75.9 cm³/mol. The Kier molecular flexibility index (Phi) is 4.96. The van der Waals surface area contributed by atoms with E-state index in [0.29, 0.717) is 0 Å². The van der Waals surface area contributed by atoms with Crippen LogP contribution in [0.25, 0.3) is 0 Å². The molecule has 2 rings (SSSR count). The average Bonchev–Trinajstić information content (AvgIpc) is 2.41. The summed E-state index contributed by atoms with van der Waals surface area (Å²) in [5.74, 6) is 1.12. The van der Waals surface area contributed by atoms with E-state index in [0.717, 1.165) is 38.5 Å². The first-order chi connectivity index (χ1) is 8.83. The van der Waals surface area contributed by atoms with Crippen LogP contribution >= 0.6 is 0 Å². The van der Waals surface area contributed by atoms with E-state index in [1.165, 1.54) is 18.5 Å². The fourth-order valence-electron chi connectivity index (χ4n) is 2.46. The van der Waals surface area contributed by atoms with Crippen molar-refractivity contribution < 1.29 is 0 Å². The van der Waals surface area contributed by atoms with Gasteiger partial charge in [0.05, 0.1) is 0 Å². The Morgan fingerprint density at radius 1 is 1.28 bits per heavy atom. The lowest BCUT2D eigenvalue weighted by Crippen LogP contribution is -2.46. The molecule has 0 aliphatic carbocycles. The Labute approximate surface area is 110 Å². The van der Waals surface area contributed by atoms with Crippen molar-refractivity contribution in [2.45, 2.75) is 19.9 Å². The fraction of sp³-hybridized carbons (Fsp3) is 0.643. The first-order valence-corrected chi connectivity index (χ1v) is 6.90. The van der Waals surface area contributed by atoms with Crippen molar-refractivity contribution in [1.29, 1.82) is 0 Å². The first-order valence-electron chi connectivity index (χ1n) is 6.90. The minimum Gasteiger partial charge on any atom is -0.354 e. The van der Waals surface area contributed by atoms with E-state index in [1.807, 2.05) is 13.2 Å². The lowest BCUT2D eigenvalue weighted by atomic mass is 10.2. The van der Waals surface area contributed by atoms with E-state index in [9.17, 15) is 0 Å². The van der Waals surface area contributed by atoms with Crippen molar-refractivity contribution in [2.24, 2.45) is 0 Å². The standard InChI is InChI=1S/C14H24N4/c1-3-6-17-7-9-18(10-8-17)14-11-13(12-15-2)4-5-16-14/h4-5,11,15H,3,6-10,12H2,1-2H3. The van der Waals surface area contributed by atoms with Crippen molar-refractivity contribution >= 4 is 5.82 Å². The van der Waals surface area contributed by atoms with Crippen molar-refractivity contribution in [3.05, 3.63) is 23.9 Å². The topological polar surface area (TPSA) is 31.4 Å². The summed E-state index contributed by atoms with van der Waals surface area (Å²) in [5, 5.41) is 3.18. The van der Waals surface area contributed by atoms with Crippen LogP contribution < -0.4 is 10.2 Å². The number of pyridine rings is 1. The SMILES string of the molecule is CCCN1CCN(c2cc(CNC)ccn2)CC1. The Hall–Kier alpha value is -1.13. The van der Waals surface area contributed by atoms with E-state index in [4.69, 9.17) is 0 Å². The normalized spacial score (nSPS) is 17.1. The zero-order chi connectivity index (χ0) is 12.8. The Morgan fingerprint density at radius 2 is 2.06 bits per heavy atom. The Morgan fingerprint density at radius 3 is 2.72 bits per heavy atom. The second-order valence-corrected chi connectivity index (χ2v) is 4.88. The maximum atomic E-state index is 4.50. The van der Waals surface area contributed by atoms with Crippen LogP contribution in [0.5, 0.6) is 0 Å². The molecule has 18 heavy (non-hydrogen) atoms. The number of aromatic nitrogens is 1. The molecule has 0 unspecified atom stereocenters. The molecule has 0 aromatic carbocycles. The van der Waals surface area contributed by atoms with Crippen molar-refractivity contribution in [1.82, 2.24) is 15.2 Å². The van der Waals surface area contributed by atoms with Crippen molar-refractivity contribution in [3.8, 4) is 0 Å². The molecule has 100 valence electrons. The number of piperazine rings is 1. The summed E-state index contributed by atoms with van der Waals surface area (Å²) in [7, 11) is 1.98. The number of nitrogens with zero attached hydrogens (tertiary/aromatic N) is 3. The molecule has 1 aromatic rings. The van der Waals surface area contributed by atoms with Crippen LogP contribution in [0.2, 0.25) is 0 Å². The third-order valence-corrected chi connectivity index (χ3v) is 3.43. The molecule has 2 heterocycles. The number of nitrogens with one attached hydrogen (secondary N) is 1. The molecule has 1 aliphatic rings. The highest BCUT2D eigenvalue weighted by atomic mass is 15.3. The molecule has 0 atom stereocenters. The van der Waals surface area contributed by atoms with E-state index in [1.54, 1.807) is 0 Å². The summed E-state index contributed by atoms with van der Waals surface area (Å²) in [6.07, 6.45) is 3.16. The van der Waals surface area contributed by atoms with E-state index in [-0.39, 0.29) is 0 Å². The van der Waals surface area contributed by atoms with Gasteiger partial charge in [-0.05, 0) is 37.7 Å². The first kappa shape index (κ1) is 13.3. The molecule has 0 spiro atoms. The third-order valence-electron chi connectivity index (χ3n) is 3.43. The Bertz CT molecular complexity index is 359. The molecule has 0 amide bonds. The second kappa shape index (κ2) is 6.71. The van der Waals surface area contributed by atoms with Gasteiger partial charge in [-0.2, -0.15) is 0 Å². The summed E-state index contributed by atoms with van der Waals surface area (Å²) in [6, 6.07) is 4.28. The summed E-state index contributed by atoms with van der Waals surface area (Å²) in [6.45, 7) is 8.88. The van der Waals surface area contributed by atoms with Crippen LogP contribution in [-0.2, 0) is 6.54 Å². The zero-order valence-corrected chi connectivity index (χ0v) is 11.5. The fourth-order valence-corrected chi connectivity index (χ4v) is 2.46. The van der Waals surface area contributed by atoms with E-state index in [2.05, 4.69) is 39.2 Å². The summed E-state index contributed by atoms with van der Waals surface area (Å²) < 4.78 is 0. The highest BCUT2D eigenvalue weighted by molar-refractivity contribution is 5.41. The van der Waals surface area contributed by atoms with Gasteiger partial charge in [0.15, 0.2) is 0 Å². The molecule has 0 saturated carbocycles. The van der Waals surface area contributed by atoms with E-state index < -0.39 is 0 Å². The highest BCUT2D eigenvalue weighted by Gasteiger charge is 2.17. The van der Waals surface area contributed by atoms with Crippen LogP contribution in [-0.4, -0.2) is 49.7 Å². The molecule has 4 nitrogen and oxygen atoms in total. The second-order valence-electron chi connectivity index (χ2n) is 4.88. The average molecular weight is 248 g/mol. The molecule has 1 N–H and O–H groups in total. The highest BCUT2D eigenvalue weighted by Crippen LogP contribution is 2.15. The quantitative estimate of drug-likeness (QED) is 0.852. The van der Waals surface area contributed by atoms with E-state index >= 15 is 0 Å². The van der Waals surface area contributed by atoms with Crippen LogP contribution in [0.3, 0.4) is 0 Å². The number of rotatable bonds is 5. The van der Waals surface area contributed by atoms with Gasteiger partial charge in [0, 0.05) is 38.9 Å². The molecule has 1 aliphatic heterocycles. The van der Waals surface area contributed by atoms with Gasteiger partial charge in [0.25, 0.3) is 0 Å². The Balaban J connectivity index is 1.94. The van der Waals surface area contributed by atoms with Crippen molar-refractivity contribution in [3.63, 3.8) is 0 Å². The smallest absolute Gasteiger partial charge is 0.128 e. The van der Waals surface area contributed by atoms with Gasteiger partial charge in [-0.1, -0.05) is 6.92 Å². The lowest BCUT2D eigenvalue weighted by molar-refractivity contribution is 0.258. The molecular weight excluding hydrogens is 224 g/mol. The summed E-state index contributed by atoms with van der Waals surface area (Å²) in [4.78, 5) is 9.43. The monoisotopic (exact) mass is 248 g/mol. The summed E-state index contributed by atoms with van der Waals surface area (Å²) in [5.41, 5.74) is 1.30. The molecule has 1 saturated heterocycles. The largest absolute Gasteiger partial charge is 0.354 e. The van der Waals surface area contributed by atoms with Gasteiger partial charge in [-0.25, -0.2) is 4.98 Å². The number of anilines is 1.